The lowest BCUT2D eigenvalue weighted by Gasteiger charge is -2.44. The van der Waals surface area contributed by atoms with Crippen LogP contribution in [0.4, 0.5) is 0 Å². The number of carbonyl (C=O) groups excluding carboxylic acids is 1. The van der Waals surface area contributed by atoms with E-state index in [0.717, 1.165) is 32.4 Å². The highest BCUT2D eigenvalue weighted by molar-refractivity contribution is 7.99. The van der Waals surface area contributed by atoms with E-state index in [1.807, 2.05) is 0 Å². The minimum atomic E-state index is -1.36. The van der Waals surface area contributed by atoms with E-state index in [0.29, 0.717) is 12.5 Å². The molecule has 0 radical (unpaired) electrons. The molecule has 0 bridgehead atoms. The lowest BCUT2D eigenvalue weighted by molar-refractivity contribution is -0.205. The number of hydrogen-bond acceptors (Lipinski definition) is 7. The number of alkyl halides is 1. The van der Waals surface area contributed by atoms with Crippen LogP contribution in [-0.4, -0.2) is 93.3 Å². The van der Waals surface area contributed by atoms with Crippen LogP contribution in [-0.2, 0) is 9.53 Å². The van der Waals surface area contributed by atoms with E-state index in [-0.39, 0.29) is 11.8 Å². The number of likely N-dealkylation sites (tertiary alicyclic amines) is 1. The van der Waals surface area contributed by atoms with Gasteiger partial charge in [-0.25, -0.2) is 0 Å². The molecule has 2 rings (SSSR count). The average Bonchev–Trinajstić information content (AvgIpc) is 2.70. The molecular formula is C20H37ClN2O5S. The Morgan fingerprint density at radius 2 is 1.93 bits per heavy atom. The number of nitrogens with one attached hydrogen (secondary N) is 1. The van der Waals surface area contributed by atoms with Crippen LogP contribution in [0.1, 0.15) is 40.0 Å². The molecular weight excluding hydrogens is 416 g/mol. The molecule has 4 N–H and O–H groups in total. The Balaban J connectivity index is 2.11. The molecule has 1 amide bonds. The number of rotatable bonds is 8. The fourth-order valence-electron chi connectivity index (χ4n) is 4.39. The first kappa shape index (κ1) is 25.2. The number of ether oxygens (including phenoxy) is 1. The second kappa shape index (κ2) is 11.5. The summed E-state index contributed by atoms with van der Waals surface area (Å²) in [5, 5.41) is 33.3. The maximum absolute atomic E-state index is 13.1. The van der Waals surface area contributed by atoms with Crippen molar-refractivity contribution in [3.8, 4) is 0 Å². The number of piperidine rings is 1. The van der Waals surface area contributed by atoms with Crippen molar-refractivity contribution in [3.05, 3.63) is 0 Å². The van der Waals surface area contributed by atoms with E-state index in [9.17, 15) is 20.1 Å². The van der Waals surface area contributed by atoms with E-state index in [4.69, 9.17) is 16.3 Å². The van der Waals surface area contributed by atoms with Crippen LogP contribution in [0.15, 0.2) is 0 Å². The van der Waals surface area contributed by atoms with Crippen molar-refractivity contribution < 1.29 is 24.9 Å². The van der Waals surface area contributed by atoms with Gasteiger partial charge in [0.05, 0.1) is 17.3 Å². The Hall–Kier alpha value is -0.0900. The summed E-state index contributed by atoms with van der Waals surface area (Å²) in [6.45, 7) is 8.72. The van der Waals surface area contributed by atoms with Gasteiger partial charge in [-0.15, -0.1) is 23.4 Å². The van der Waals surface area contributed by atoms with Crippen molar-refractivity contribution in [2.45, 2.75) is 81.3 Å². The predicted molar refractivity (Wildman–Crippen MR) is 116 cm³/mol. The predicted octanol–water partition coefficient (Wildman–Crippen LogP) is 1.03. The third-order valence-corrected chi connectivity index (χ3v) is 7.22. The first-order valence-electron chi connectivity index (χ1n) is 10.6. The van der Waals surface area contributed by atoms with Crippen LogP contribution < -0.4 is 5.32 Å². The highest BCUT2D eigenvalue weighted by Gasteiger charge is 2.48. The van der Waals surface area contributed by atoms with Crippen LogP contribution in [0, 0.1) is 11.8 Å². The summed E-state index contributed by atoms with van der Waals surface area (Å²) in [6, 6.07) is -0.683. The van der Waals surface area contributed by atoms with Crippen LogP contribution in [0.2, 0.25) is 0 Å². The Morgan fingerprint density at radius 1 is 1.24 bits per heavy atom. The van der Waals surface area contributed by atoms with Crippen molar-refractivity contribution in [3.63, 3.8) is 0 Å². The van der Waals surface area contributed by atoms with Crippen molar-refractivity contribution in [1.82, 2.24) is 10.2 Å². The molecule has 29 heavy (non-hydrogen) atoms. The van der Waals surface area contributed by atoms with Gasteiger partial charge in [-0.3, -0.25) is 4.79 Å². The summed E-state index contributed by atoms with van der Waals surface area (Å²) in [5.41, 5.74) is -0.701. The van der Waals surface area contributed by atoms with E-state index in [1.54, 1.807) is 13.2 Å². The maximum atomic E-state index is 13.1. The van der Waals surface area contributed by atoms with Gasteiger partial charge in [0.25, 0.3) is 0 Å². The van der Waals surface area contributed by atoms with E-state index >= 15 is 0 Å². The Morgan fingerprint density at radius 3 is 2.48 bits per heavy atom. The molecule has 7 nitrogen and oxygen atoms in total. The lowest BCUT2D eigenvalue weighted by Crippen LogP contribution is -2.65. The Kier molecular flexibility index (Phi) is 9.99. The Labute approximate surface area is 183 Å². The normalized spacial score (nSPS) is 38.4. The number of thioether (sulfide) groups is 1. The van der Waals surface area contributed by atoms with Crippen LogP contribution in [0.3, 0.4) is 0 Å². The van der Waals surface area contributed by atoms with E-state index < -0.39 is 41.3 Å². The number of halogens is 1. The summed E-state index contributed by atoms with van der Waals surface area (Å²) in [6.07, 6.45) is -0.152. The summed E-state index contributed by atoms with van der Waals surface area (Å²) in [7, 11) is 0. The van der Waals surface area contributed by atoms with Crippen molar-refractivity contribution in [2.24, 2.45) is 11.8 Å². The minimum Gasteiger partial charge on any atom is -0.388 e. The largest absolute Gasteiger partial charge is 0.388 e. The molecule has 0 spiro atoms. The third kappa shape index (κ3) is 6.21. The number of carbonyl (C=O) groups is 1. The van der Waals surface area contributed by atoms with Gasteiger partial charge in [0.2, 0.25) is 5.91 Å². The molecule has 0 aromatic heterocycles. The average molecular weight is 453 g/mol. The fourth-order valence-corrected chi connectivity index (χ4v) is 5.28. The molecule has 2 aliphatic heterocycles. The number of nitrogens with zero attached hydrogens (tertiary/aromatic N) is 1. The second-order valence-corrected chi connectivity index (χ2v) is 9.98. The minimum absolute atomic E-state index is 0.0983. The first-order chi connectivity index (χ1) is 13.7. The van der Waals surface area contributed by atoms with Gasteiger partial charge in [-0.2, -0.15) is 0 Å². The smallest absolute Gasteiger partial charge is 0.224 e. The molecule has 0 aliphatic carbocycles. The number of aliphatic hydroxyl groups is 3. The molecule has 0 aromatic rings. The molecule has 0 aromatic carbocycles. The number of amides is 1. The van der Waals surface area contributed by atoms with Crippen molar-refractivity contribution in [1.29, 1.82) is 0 Å². The van der Waals surface area contributed by atoms with E-state index in [1.165, 1.54) is 11.8 Å². The fraction of sp³-hybridized carbons (Fsp3) is 0.950. The quantitative estimate of drug-likeness (QED) is 0.408. The van der Waals surface area contributed by atoms with Gasteiger partial charge < -0.3 is 30.3 Å². The topological polar surface area (TPSA) is 102 Å². The van der Waals surface area contributed by atoms with Gasteiger partial charge in [-0.1, -0.05) is 20.3 Å². The highest BCUT2D eigenvalue weighted by Crippen LogP contribution is 2.31. The van der Waals surface area contributed by atoms with Gasteiger partial charge in [-0.05, 0) is 38.5 Å². The first-order valence-corrected chi connectivity index (χ1v) is 12.3. The third-order valence-electron chi connectivity index (χ3n) is 6.10. The molecule has 0 saturated carbocycles. The lowest BCUT2D eigenvalue weighted by atomic mass is 9.86. The number of hydrogen-bond donors (Lipinski definition) is 4. The molecule has 2 saturated heterocycles. The maximum Gasteiger partial charge on any atom is 0.224 e. The molecule has 9 atom stereocenters. The summed E-state index contributed by atoms with van der Waals surface area (Å²) < 4.78 is 5.84. The summed E-state index contributed by atoms with van der Waals surface area (Å²) >= 11 is 7.61. The highest BCUT2D eigenvalue weighted by atomic mass is 35.5. The zero-order chi connectivity index (χ0) is 21.7. The monoisotopic (exact) mass is 452 g/mol. The van der Waals surface area contributed by atoms with Gasteiger partial charge >= 0.3 is 0 Å². The van der Waals surface area contributed by atoms with Crippen molar-refractivity contribution >= 4 is 29.3 Å². The zero-order valence-electron chi connectivity index (χ0n) is 17.8. The van der Waals surface area contributed by atoms with Gasteiger partial charge in [0, 0.05) is 13.1 Å². The van der Waals surface area contributed by atoms with Gasteiger partial charge in [0.15, 0.2) is 0 Å². The Bertz CT molecular complexity index is 527. The molecule has 2 aliphatic rings. The summed E-state index contributed by atoms with van der Waals surface area (Å²) in [5.74, 6) is 0.233. The zero-order valence-corrected chi connectivity index (χ0v) is 19.4. The van der Waals surface area contributed by atoms with E-state index in [2.05, 4.69) is 24.1 Å². The van der Waals surface area contributed by atoms with Gasteiger partial charge in [0.1, 0.15) is 29.9 Å². The molecule has 2 heterocycles. The molecule has 9 heteroatoms. The second-order valence-electron chi connectivity index (χ2n) is 8.35. The molecule has 170 valence electrons. The molecule has 6 unspecified atom stereocenters. The SMILES string of the molecule is CCCN1CC(CC)CC(C(=O)NC(C(C)Cl)C2O[C@H](SC)C(O)[C@H](O)[C@H]2O)C1. The molecule has 2 fully saturated rings. The van der Waals surface area contributed by atoms with Crippen LogP contribution in [0.5, 0.6) is 0 Å². The van der Waals surface area contributed by atoms with Crippen LogP contribution >= 0.6 is 23.4 Å². The van der Waals surface area contributed by atoms with Crippen molar-refractivity contribution in [2.75, 3.05) is 25.9 Å². The summed E-state index contributed by atoms with van der Waals surface area (Å²) in [4.78, 5) is 15.5. The standard InChI is InChI=1S/C20H37ClN2O5S/c1-5-7-23-9-12(6-2)8-13(10-23)19(27)22-14(11(3)21)18-16(25)15(24)17(26)20(28-18)29-4/h11-18,20,24-26H,5-10H2,1-4H3,(H,22,27)/t11?,12?,13?,14?,15-,16-,17?,18?,20-/m1/s1. The number of aliphatic hydroxyl groups excluding tert-OH is 3. The van der Waals surface area contributed by atoms with Crippen LogP contribution in [0.25, 0.3) is 0 Å².